The van der Waals surface area contributed by atoms with Gasteiger partial charge < -0.3 is 9.47 Å². The number of nitrogens with one attached hydrogen (secondary N) is 3. The largest absolute Gasteiger partial charge is 0.483 e. The van der Waals surface area contributed by atoms with Crippen LogP contribution in [0.15, 0.2) is 45.3 Å². The molecule has 2 rings (SSSR count). The lowest BCUT2D eigenvalue weighted by Gasteiger charge is -2.12. The molecule has 2 aromatic rings. The second kappa shape index (κ2) is 11.3. The predicted molar refractivity (Wildman–Crippen MR) is 121 cm³/mol. The summed E-state index contributed by atoms with van der Waals surface area (Å²) in [6, 6.07) is 10.5. The zero-order valence-corrected chi connectivity index (χ0v) is 19.8. The summed E-state index contributed by atoms with van der Waals surface area (Å²) >= 11 is 17.6. The third-order valence-electron chi connectivity index (χ3n) is 3.27. The van der Waals surface area contributed by atoms with Gasteiger partial charge in [0.15, 0.2) is 18.3 Å². The quantitative estimate of drug-likeness (QED) is 0.366. The highest BCUT2D eigenvalue weighted by molar-refractivity contribution is 9.10. The summed E-state index contributed by atoms with van der Waals surface area (Å²) in [6.07, 6.45) is 0. The van der Waals surface area contributed by atoms with Crippen LogP contribution in [0.1, 0.15) is 5.56 Å². The molecule has 0 aliphatic rings. The van der Waals surface area contributed by atoms with Gasteiger partial charge in [-0.2, -0.15) is 0 Å². The van der Waals surface area contributed by atoms with Crippen molar-refractivity contribution in [3.05, 3.63) is 55.9 Å². The molecule has 7 nitrogen and oxygen atoms in total. The number of aryl methyl sites for hydroxylation is 1. The number of hydrazine groups is 1. The van der Waals surface area contributed by atoms with E-state index in [1.54, 1.807) is 24.3 Å². The van der Waals surface area contributed by atoms with Crippen molar-refractivity contribution in [1.82, 2.24) is 16.2 Å². The first-order chi connectivity index (χ1) is 13.7. The minimum Gasteiger partial charge on any atom is -0.483 e. The maximum absolute atomic E-state index is 11.9. The molecule has 0 heterocycles. The molecular formula is C18H16Br2ClN3O4S. The molecule has 3 N–H and O–H groups in total. The van der Waals surface area contributed by atoms with Gasteiger partial charge in [-0.05, 0) is 71.0 Å². The lowest BCUT2D eigenvalue weighted by atomic mass is 10.2. The molecule has 0 fully saturated rings. The Bertz CT molecular complexity index is 930. The van der Waals surface area contributed by atoms with E-state index in [4.69, 9.17) is 33.3 Å². The molecule has 154 valence electrons. The van der Waals surface area contributed by atoms with Gasteiger partial charge in [-0.25, -0.2) is 0 Å². The molecule has 0 unspecified atom stereocenters. The number of carbonyl (C=O) groups excluding carboxylic acids is 2. The molecule has 0 aliphatic carbocycles. The van der Waals surface area contributed by atoms with Crippen LogP contribution in [-0.2, 0) is 9.59 Å². The van der Waals surface area contributed by atoms with Gasteiger partial charge in [-0.15, -0.1) is 0 Å². The summed E-state index contributed by atoms with van der Waals surface area (Å²) in [5.41, 5.74) is 5.79. The molecular weight excluding hydrogens is 550 g/mol. The lowest BCUT2D eigenvalue weighted by Crippen LogP contribution is -2.50. The van der Waals surface area contributed by atoms with Crippen molar-refractivity contribution < 1.29 is 19.1 Å². The Morgan fingerprint density at radius 1 is 1.00 bits per heavy atom. The van der Waals surface area contributed by atoms with Crippen molar-refractivity contribution in [3.8, 4) is 11.5 Å². The summed E-state index contributed by atoms with van der Waals surface area (Å²) in [5, 5.41) is 2.64. The van der Waals surface area contributed by atoms with E-state index in [0.29, 0.717) is 16.5 Å². The highest BCUT2D eigenvalue weighted by Crippen LogP contribution is 2.27. The van der Waals surface area contributed by atoms with E-state index < -0.39 is 11.8 Å². The molecule has 2 amide bonds. The van der Waals surface area contributed by atoms with Crippen LogP contribution in [0.4, 0.5) is 0 Å². The number of ether oxygens (including phenoxy) is 2. The fourth-order valence-electron chi connectivity index (χ4n) is 1.96. The van der Waals surface area contributed by atoms with Crippen LogP contribution in [0.5, 0.6) is 11.5 Å². The number of rotatable bonds is 6. The van der Waals surface area contributed by atoms with E-state index in [1.165, 1.54) is 0 Å². The topological polar surface area (TPSA) is 88.7 Å². The van der Waals surface area contributed by atoms with Gasteiger partial charge in [0.25, 0.3) is 11.8 Å². The van der Waals surface area contributed by atoms with Crippen molar-refractivity contribution >= 4 is 72.6 Å². The molecule has 2 aromatic carbocycles. The first-order valence-corrected chi connectivity index (χ1v) is 10.5. The Balaban J connectivity index is 1.68. The van der Waals surface area contributed by atoms with Crippen molar-refractivity contribution in [2.45, 2.75) is 6.92 Å². The van der Waals surface area contributed by atoms with Gasteiger partial charge in [0.2, 0.25) is 0 Å². The van der Waals surface area contributed by atoms with Crippen molar-refractivity contribution in [3.63, 3.8) is 0 Å². The van der Waals surface area contributed by atoms with Crippen molar-refractivity contribution in [2.24, 2.45) is 0 Å². The monoisotopic (exact) mass is 563 g/mol. The van der Waals surface area contributed by atoms with Crippen LogP contribution in [0.3, 0.4) is 0 Å². The fourth-order valence-corrected chi connectivity index (χ4v) is 3.46. The molecule has 0 radical (unpaired) electrons. The first-order valence-electron chi connectivity index (χ1n) is 8.10. The number of hydrogen-bond acceptors (Lipinski definition) is 5. The molecule has 0 atom stereocenters. The summed E-state index contributed by atoms with van der Waals surface area (Å²) in [4.78, 5) is 23.7. The number of carbonyl (C=O) groups is 2. The molecule has 0 spiro atoms. The SMILES string of the molecule is Cc1ccc(OCC(=O)NNC(=S)NC(=O)COc2ccc(Br)cc2Cl)c(Br)c1. The van der Waals surface area contributed by atoms with E-state index in [9.17, 15) is 9.59 Å². The molecule has 0 saturated heterocycles. The summed E-state index contributed by atoms with van der Waals surface area (Å²) in [6.45, 7) is 1.40. The Labute approximate surface area is 194 Å². The second-order valence-electron chi connectivity index (χ2n) is 5.64. The highest BCUT2D eigenvalue weighted by atomic mass is 79.9. The fraction of sp³-hybridized carbons (Fsp3) is 0.167. The highest BCUT2D eigenvalue weighted by Gasteiger charge is 2.10. The Kier molecular flexibility index (Phi) is 9.15. The van der Waals surface area contributed by atoms with Crippen molar-refractivity contribution in [2.75, 3.05) is 13.2 Å². The Morgan fingerprint density at radius 2 is 1.66 bits per heavy atom. The number of benzene rings is 2. The van der Waals surface area contributed by atoms with Crippen LogP contribution in [0.25, 0.3) is 0 Å². The molecule has 11 heteroatoms. The van der Waals surface area contributed by atoms with Crippen LogP contribution in [0, 0.1) is 6.92 Å². The van der Waals surface area contributed by atoms with Crippen molar-refractivity contribution in [1.29, 1.82) is 0 Å². The predicted octanol–water partition coefficient (Wildman–Crippen LogP) is 3.65. The zero-order chi connectivity index (χ0) is 21.4. The number of thiocarbonyl (C=S) groups is 1. The number of hydrogen-bond donors (Lipinski definition) is 3. The summed E-state index contributed by atoms with van der Waals surface area (Å²) < 4.78 is 12.3. The average Bonchev–Trinajstić information content (AvgIpc) is 2.65. The minimum absolute atomic E-state index is 0.0923. The summed E-state index contributed by atoms with van der Waals surface area (Å²) in [7, 11) is 0. The summed E-state index contributed by atoms with van der Waals surface area (Å²) in [5.74, 6) is -0.107. The van der Waals surface area contributed by atoms with E-state index in [2.05, 4.69) is 48.0 Å². The third kappa shape index (κ3) is 8.17. The molecule has 29 heavy (non-hydrogen) atoms. The van der Waals surface area contributed by atoms with E-state index in [1.807, 2.05) is 19.1 Å². The van der Waals surface area contributed by atoms with Gasteiger partial charge in [0, 0.05) is 4.47 Å². The van der Waals surface area contributed by atoms with Gasteiger partial charge in [0.05, 0.1) is 9.50 Å². The van der Waals surface area contributed by atoms with E-state index in [-0.39, 0.29) is 18.3 Å². The number of amides is 2. The minimum atomic E-state index is -0.518. The Hall–Kier alpha value is -1.88. The van der Waals surface area contributed by atoms with E-state index >= 15 is 0 Å². The maximum atomic E-state index is 11.9. The standard InChI is InChI=1S/C18H16Br2ClN3O4S/c1-10-2-4-14(12(20)6-10)27-9-17(26)23-24-18(29)22-16(25)8-28-15-5-3-11(19)7-13(15)21/h2-7H,8-9H2,1H3,(H,23,26)(H2,22,24,25,29). The third-order valence-corrected chi connectivity index (χ3v) is 4.88. The van der Waals surface area contributed by atoms with Crippen LogP contribution < -0.4 is 25.6 Å². The molecule has 0 bridgehead atoms. The van der Waals surface area contributed by atoms with Gasteiger partial charge in [0.1, 0.15) is 11.5 Å². The second-order valence-corrected chi connectivity index (χ2v) is 8.22. The van der Waals surface area contributed by atoms with Gasteiger partial charge in [-0.1, -0.05) is 33.6 Å². The maximum Gasteiger partial charge on any atom is 0.276 e. The molecule has 0 aromatic heterocycles. The number of halogens is 3. The smallest absolute Gasteiger partial charge is 0.276 e. The molecule has 0 aliphatic heterocycles. The van der Waals surface area contributed by atoms with Crippen LogP contribution in [0.2, 0.25) is 5.02 Å². The van der Waals surface area contributed by atoms with E-state index in [0.717, 1.165) is 14.5 Å². The van der Waals surface area contributed by atoms with Crippen LogP contribution >= 0.6 is 55.7 Å². The normalized spacial score (nSPS) is 10.1. The molecule has 0 saturated carbocycles. The average molecular weight is 566 g/mol. The van der Waals surface area contributed by atoms with Crippen LogP contribution in [-0.4, -0.2) is 30.1 Å². The lowest BCUT2D eigenvalue weighted by molar-refractivity contribution is -0.124. The Morgan fingerprint density at radius 3 is 2.34 bits per heavy atom. The zero-order valence-electron chi connectivity index (χ0n) is 15.1. The van der Waals surface area contributed by atoms with Gasteiger partial charge in [-0.3, -0.25) is 25.8 Å². The van der Waals surface area contributed by atoms with Gasteiger partial charge >= 0.3 is 0 Å². The first kappa shape index (κ1) is 23.4.